The van der Waals surface area contributed by atoms with Crippen LogP contribution < -0.4 is 0 Å². The molecular weight excluding hydrogens is 259 g/mol. The highest BCUT2D eigenvalue weighted by Gasteiger charge is 2.11. The summed E-state index contributed by atoms with van der Waals surface area (Å²) in [5, 5.41) is 0. The third kappa shape index (κ3) is 4.48. The van der Waals surface area contributed by atoms with E-state index in [9.17, 15) is 0 Å². The van der Waals surface area contributed by atoms with Gasteiger partial charge in [0.1, 0.15) is 0 Å². The minimum absolute atomic E-state index is 1.07. The quantitative estimate of drug-likeness (QED) is 0.517. The summed E-state index contributed by atoms with van der Waals surface area (Å²) in [7, 11) is 0. The highest BCUT2D eigenvalue weighted by Crippen LogP contribution is 2.27. The van der Waals surface area contributed by atoms with Crippen molar-refractivity contribution in [2.24, 2.45) is 5.92 Å². The third-order valence-corrected chi connectivity index (χ3v) is 3.31. The second kappa shape index (κ2) is 6.93. The molecule has 1 fully saturated rings. The number of rotatable bonds is 4. The first-order chi connectivity index (χ1) is 5.93. The second-order valence-electron chi connectivity index (χ2n) is 3.80. The van der Waals surface area contributed by atoms with Crippen LogP contribution in [0.5, 0.6) is 0 Å². The molecule has 1 heteroatoms. The molecule has 1 aliphatic carbocycles. The van der Waals surface area contributed by atoms with Gasteiger partial charge in [-0.05, 0) is 22.8 Å². The fourth-order valence-corrected chi connectivity index (χ4v) is 2.42. The molecule has 0 aromatic carbocycles. The first kappa shape index (κ1) is 10.6. The fourth-order valence-electron chi connectivity index (χ4n) is 2.06. The summed E-state index contributed by atoms with van der Waals surface area (Å²) in [6.07, 6.45) is 13.9. The smallest absolute Gasteiger partial charge is 0.0274 e. The number of unbranched alkanes of at least 4 members (excludes halogenated alkanes) is 1. The lowest BCUT2D eigenvalue weighted by Gasteiger charge is -2.20. The molecule has 70 valence electrons. The number of hydrogen-bond acceptors (Lipinski definition) is 0. The maximum atomic E-state index is 2.30. The van der Waals surface area contributed by atoms with Crippen LogP contribution in [0.15, 0.2) is 10.2 Å². The Kier molecular flexibility index (Phi) is 6.09. The molecule has 0 amide bonds. The second-order valence-corrected chi connectivity index (χ2v) is 4.52. The van der Waals surface area contributed by atoms with Crippen LogP contribution in [-0.4, -0.2) is 0 Å². The van der Waals surface area contributed by atoms with E-state index in [1.807, 2.05) is 0 Å². The van der Waals surface area contributed by atoms with E-state index in [1.54, 1.807) is 0 Å². The van der Waals surface area contributed by atoms with Crippen LogP contribution in [-0.2, 0) is 0 Å². The van der Waals surface area contributed by atoms with Gasteiger partial charge in [0.2, 0.25) is 0 Å². The topological polar surface area (TPSA) is 0 Å². The third-order valence-electron chi connectivity index (χ3n) is 2.80. The highest BCUT2D eigenvalue weighted by atomic mass is 127. The zero-order chi connectivity index (χ0) is 8.65. The fraction of sp³-hybridized carbons (Fsp3) is 0.818. The van der Waals surface area contributed by atoms with Crippen molar-refractivity contribution in [2.45, 2.75) is 51.4 Å². The van der Waals surface area contributed by atoms with Gasteiger partial charge in [0.25, 0.3) is 0 Å². The van der Waals surface area contributed by atoms with Gasteiger partial charge in [-0.25, -0.2) is 0 Å². The Balaban J connectivity index is 1.97. The number of halogens is 1. The highest BCUT2D eigenvalue weighted by molar-refractivity contribution is 14.1. The molecule has 0 saturated heterocycles. The van der Waals surface area contributed by atoms with Crippen LogP contribution in [0.25, 0.3) is 0 Å². The summed E-state index contributed by atoms with van der Waals surface area (Å²) >= 11 is 2.30. The number of hydrogen-bond donors (Lipinski definition) is 0. The van der Waals surface area contributed by atoms with Gasteiger partial charge in [-0.1, -0.05) is 67.2 Å². The Bertz CT molecular complexity index is 123. The molecule has 0 spiro atoms. The largest absolute Gasteiger partial charge is 0.0785 e. The minimum atomic E-state index is 1.07. The van der Waals surface area contributed by atoms with E-state index < -0.39 is 0 Å². The Hall–Kier alpha value is 0.470. The van der Waals surface area contributed by atoms with Gasteiger partial charge in [0.05, 0.1) is 0 Å². The van der Waals surface area contributed by atoms with Crippen LogP contribution in [0.4, 0.5) is 0 Å². The van der Waals surface area contributed by atoms with Crippen molar-refractivity contribution >= 4 is 22.6 Å². The van der Waals surface area contributed by atoms with Crippen molar-refractivity contribution in [1.82, 2.24) is 0 Å². The predicted octanol–water partition coefficient (Wildman–Crippen LogP) is 4.69. The lowest BCUT2D eigenvalue weighted by molar-refractivity contribution is 0.333. The van der Waals surface area contributed by atoms with Crippen LogP contribution in [0.2, 0.25) is 0 Å². The van der Waals surface area contributed by atoms with Gasteiger partial charge in [-0.3, -0.25) is 0 Å². The van der Waals surface area contributed by atoms with Gasteiger partial charge in [-0.2, -0.15) is 0 Å². The average molecular weight is 278 g/mol. The molecule has 0 unspecified atom stereocenters. The Labute approximate surface area is 90.0 Å². The van der Waals surface area contributed by atoms with Crippen LogP contribution in [0.1, 0.15) is 51.4 Å². The van der Waals surface area contributed by atoms with E-state index >= 15 is 0 Å². The predicted molar refractivity (Wildman–Crippen MR) is 63.6 cm³/mol. The summed E-state index contributed by atoms with van der Waals surface area (Å²) in [4.78, 5) is 0. The maximum Gasteiger partial charge on any atom is -0.0274 e. The molecule has 0 nitrogen and oxygen atoms in total. The molecule has 0 aromatic rings. The molecule has 0 atom stereocenters. The van der Waals surface area contributed by atoms with Crippen molar-refractivity contribution < 1.29 is 0 Å². The summed E-state index contributed by atoms with van der Waals surface area (Å²) in [5.41, 5.74) is 0. The zero-order valence-corrected chi connectivity index (χ0v) is 9.92. The van der Waals surface area contributed by atoms with Gasteiger partial charge < -0.3 is 0 Å². The van der Waals surface area contributed by atoms with Gasteiger partial charge in [-0.15, -0.1) is 0 Å². The van der Waals surface area contributed by atoms with E-state index in [0.717, 1.165) is 5.92 Å². The molecular formula is C11H19I. The van der Waals surface area contributed by atoms with E-state index in [0.29, 0.717) is 0 Å². The Morgan fingerprint density at radius 2 is 1.92 bits per heavy atom. The van der Waals surface area contributed by atoms with Crippen LogP contribution in [0, 0.1) is 5.92 Å². The molecule has 0 bridgehead atoms. The first-order valence-electron chi connectivity index (χ1n) is 5.18. The van der Waals surface area contributed by atoms with E-state index in [2.05, 4.69) is 32.7 Å². The molecule has 1 aliphatic rings. The lowest BCUT2D eigenvalue weighted by Crippen LogP contribution is -2.05. The summed E-state index contributed by atoms with van der Waals surface area (Å²) in [6.45, 7) is 0. The van der Waals surface area contributed by atoms with E-state index in [4.69, 9.17) is 0 Å². The average Bonchev–Trinajstić information content (AvgIpc) is 2.14. The molecule has 0 aliphatic heterocycles. The molecule has 0 radical (unpaired) electrons. The molecule has 12 heavy (non-hydrogen) atoms. The van der Waals surface area contributed by atoms with Crippen LogP contribution >= 0.6 is 22.6 Å². The first-order valence-corrected chi connectivity index (χ1v) is 6.43. The van der Waals surface area contributed by atoms with Crippen molar-refractivity contribution in [3.63, 3.8) is 0 Å². The molecule has 0 heterocycles. The zero-order valence-electron chi connectivity index (χ0n) is 7.77. The minimum Gasteiger partial charge on any atom is -0.0785 e. The molecule has 1 saturated carbocycles. The molecule has 1 rings (SSSR count). The van der Waals surface area contributed by atoms with Gasteiger partial charge >= 0.3 is 0 Å². The number of allylic oxidation sites excluding steroid dienone is 1. The SMILES string of the molecule is IC=CCCCC1CCCCC1. The Morgan fingerprint density at radius 3 is 2.58 bits per heavy atom. The van der Waals surface area contributed by atoms with E-state index in [-0.39, 0.29) is 0 Å². The Morgan fingerprint density at radius 1 is 1.17 bits per heavy atom. The van der Waals surface area contributed by atoms with Crippen molar-refractivity contribution in [3.05, 3.63) is 10.2 Å². The van der Waals surface area contributed by atoms with Crippen molar-refractivity contribution in [1.29, 1.82) is 0 Å². The normalized spacial score (nSPS) is 20.4. The van der Waals surface area contributed by atoms with Crippen molar-refractivity contribution in [2.75, 3.05) is 0 Å². The van der Waals surface area contributed by atoms with Gasteiger partial charge in [0, 0.05) is 0 Å². The standard InChI is InChI=1S/C11H19I/c12-10-6-2-5-9-11-7-3-1-4-8-11/h6,10-11H,1-5,7-9H2. The van der Waals surface area contributed by atoms with Crippen molar-refractivity contribution in [3.8, 4) is 0 Å². The molecule has 0 aromatic heterocycles. The van der Waals surface area contributed by atoms with E-state index in [1.165, 1.54) is 51.4 Å². The summed E-state index contributed by atoms with van der Waals surface area (Å²) in [6, 6.07) is 0. The monoisotopic (exact) mass is 278 g/mol. The maximum absolute atomic E-state index is 2.30. The summed E-state index contributed by atoms with van der Waals surface area (Å²) < 4.78 is 2.14. The lowest BCUT2D eigenvalue weighted by atomic mass is 9.86. The molecule has 0 N–H and O–H groups in total. The van der Waals surface area contributed by atoms with Crippen LogP contribution in [0.3, 0.4) is 0 Å². The summed E-state index contributed by atoms with van der Waals surface area (Å²) in [5.74, 6) is 1.07. The van der Waals surface area contributed by atoms with Gasteiger partial charge in [0.15, 0.2) is 0 Å².